The number of hydrogen-bond acceptors (Lipinski definition) is 2. The summed E-state index contributed by atoms with van der Waals surface area (Å²) < 4.78 is 14.1. The smallest absolute Gasteiger partial charge is 0.127 e. The van der Waals surface area contributed by atoms with E-state index in [1.165, 1.54) is 25.7 Å². The molecule has 1 N–H and O–H groups in total. The van der Waals surface area contributed by atoms with Crippen LogP contribution in [0.25, 0.3) is 0 Å². The summed E-state index contributed by atoms with van der Waals surface area (Å²) in [6, 6.07) is 9.38. The molecule has 0 radical (unpaired) electrons. The first-order valence-electron chi connectivity index (χ1n) is 7.91. The zero-order valence-corrected chi connectivity index (χ0v) is 12.5. The standard InChI is InChI=1S/C17H25FN2/c1-3-17(15-6-4-5-7-16(15)18)20(2)14-10-12-8-9-13(11-14)19-12/h4-7,12-14,17,19H,3,8-11H2,1-2H3. The van der Waals surface area contributed by atoms with Gasteiger partial charge in [0.15, 0.2) is 0 Å². The minimum absolute atomic E-state index is 0.0666. The van der Waals surface area contributed by atoms with E-state index < -0.39 is 0 Å². The van der Waals surface area contributed by atoms with Gasteiger partial charge >= 0.3 is 0 Å². The van der Waals surface area contributed by atoms with E-state index in [0.29, 0.717) is 18.1 Å². The van der Waals surface area contributed by atoms with Crippen molar-refractivity contribution in [2.24, 2.45) is 0 Å². The van der Waals surface area contributed by atoms with Crippen LogP contribution in [0.4, 0.5) is 4.39 Å². The Hall–Kier alpha value is -0.930. The second-order valence-electron chi connectivity index (χ2n) is 6.37. The largest absolute Gasteiger partial charge is 0.311 e. The van der Waals surface area contributed by atoms with Crippen molar-refractivity contribution in [1.82, 2.24) is 10.2 Å². The van der Waals surface area contributed by atoms with Gasteiger partial charge in [-0.2, -0.15) is 0 Å². The average Bonchev–Trinajstić information content (AvgIpc) is 2.80. The molecule has 2 aliphatic heterocycles. The summed E-state index contributed by atoms with van der Waals surface area (Å²) in [6.45, 7) is 2.16. The van der Waals surface area contributed by atoms with E-state index >= 15 is 0 Å². The fraction of sp³-hybridized carbons (Fsp3) is 0.647. The number of nitrogens with zero attached hydrogens (tertiary/aromatic N) is 1. The Morgan fingerprint density at radius 3 is 2.50 bits per heavy atom. The highest BCUT2D eigenvalue weighted by atomic mass is 19.1. The van der Waals surface area contributed by atoms with Crippen molar-refractivity contribution in [3.8, 4) is 0 Å². The lowest BCUT2D eigenvalue weighted by Crippen LogP contribution is -2.48. The number of piperidine rings is 1. The van der Waals surface area contributed by atoms with E-state index in [1.807, 2.05) is 12.1 Å². The maximum Gasteiger partial charge on any atom is 0.127 e. The lowest BCUT2D eigenvalue weighted by Gasteiger charge is -2.40. The Labute approximate surface area is 121 Å². The van der Waals surface area contributed by atoms with Crippen molar-refractivity contribution >= 4 is 0 Å². The van der Waals surface area contributed by atoms with E-state index in [2.05, 4.69) is 24.2 Å². The Morgan fingerprint density at radius 1 is 1.25 bits per heavy atom. The van der Waals surface area contributed by atoms with E-state index in [9.17, 15) is 4.39 Å². The average molecular weight is 276 g/mol. The molecule has 0 aliphatic carbocycles. The van der Waals surface area contributed by atoms with Gasteiger partial charge in [0.1, 0.15) is 5.82 Å². The third kappa shape index (κ3) is 2.61. The van der Waals surface area contributed by atoms with Crippen molar-refractivity contribution in [3.63, 3.8) is 0 Å². The third-order valence-corrected chi connectivity index (χ3v) is 5.17. The minimum atomic E-state index is -0.0666. The molecule has 3 unspecified atom stereocenters. The van der Waals surface area contributed by atoms with Crippen molar-refractivity contribution < 1.29 is 4.39 Å². The van der Waals surface area contributed by atoms with Crippen LogP contribution in [0.1, 0.15) is 50.6 Å². The van der Waals surface area contributed by atoms with Gasteiger partial charge in [-0.3, -0.25) is 4.90 Å². The predicted molar refractivity (Wildman–Crippen MR) is 80.2 cm³/mol. The predicted octanol–water partition coefficient (Wildman–Crippen LogP) is 3.49. The van der Waals surface area contributed by atoms with Crippen LogP contribution in [0.2, 0.25) is 0 Å². The van der Waals surface area contributed by atoms with Crippen molar-refractivity contribution in [2.75, 3.05) is 7.05 Å². The molecule has 110 valence electrons. The molecule has 3 atom stereocenters. The van der Waals surface area contributed by atoms with Gasteiger partial charge in [-0.15, -0.1) is 0 Å². The summed E-state index contributed by atoms with van der Waals surface area (Å²) in [5.41, 5.74) is 0.850. The number of halogens is 1. The Morgan fingerprint density at radius 2 is 1.90 bits per heavy atom. The van der Waals surface area contributed by atoms with Gasteiger partial charge < -0.3 is 5.32 Å². The van der Waals surface area contributed by atoms with Crippen LogP contribution in [0, 0.1) is 5.82 Å². The van der Waals surface area contributed by atoms with Gasteiger partial charge in [-0.1, -0.05) is 25.1 Å². The van der Waals surface area contributed by atoms with Gasteiger partial charge in [-0.25, -0.2) is 4.39 Å². The molecule has 0 aromatic heterocycles. The van der Waals surface area contributed by atoms with Crippen LogP contribution in [0.5, 0.6) is 0 Å². The van der Waals surface area contributed by atoms with E-state index in [-0.39, 0.29) is 11.9 Å². The zero-order chi connectivity index (χ0) is 14.1. The normalized spacial score (nSPS) is 30.7. The molecular weight excluding hydrogens is 251 g/mol. The fourth-order valence-electron chi connectivity index (χ4n) is 4.09. The second-order valence-corrected chi connectivity index (χ2v) is 6.37. The molecule has 1 aromatic carbocycles. The molecule has 2 nitrogen and oxygen atoms in total. The maximum absolute atomic E-state index is 14.1. The maximum atomic E-state index is 14.1. The summed E-state index contributed by atoms with van der Waals surface area (Å²) in [4.78, 5) is 2.42. The van der Waals surface area contributed by atoms with Gasteiger partial charge in [0.05, 0.1) is 0 Å². The lowest BCUT2D eigenvalue weighted by molar-refractivity contribution is 0.119. The zero-order valence-electron chi connectivity index (χ0n) is 12.5. The molecule has 0 spiro atoms. The first-order chi connectivity index (χ1) is 9.69. The van der Waals surface area contributed by atoms with Crippen LogP contribution in [-0.4, -0.2) is 30.1 Å². The van der Waals surface area contributed by atoms with Crippen molar-refractivity contribution in [3.05, 3.63) is 35.6 Å². The molecule has 20 heavy (non-hydrogen) atoms. The highest BCUT2D eigenvalue weighted by Gasteiger charge is 2.37. The molecule has 0 saturated carbocycles. The van der Waals surface area contributed by atoms with Crippen LogP contribution < -0.4 is 5.32 Å². The Kier molecular flexibility index (Phi) is 4.08. The summed E-state index contributed by atoms with van der Waals surface area (Å²) in [5.74, 6) is -0.0666. The first kappa shape index (κ1) is 14.0. The number of nitrogens with one attached hydrogen (secondary N) is 1. The summed E-state index contributed by atoms with van der Waals surface area (Å²) in [5, 5.41) is 3.68. The SMILES string of the molecule is CCC(c1ccccc1F)N(C)C1CC2CCC(C1)N2. The fourth-order valence-corrected chi connectivity index (χ4v) is 4.09. The van der Waals surface area contributed by atoms with Gasteiger partial charge in [0.2, 0.25) is 0 Å². The lowest BCUT2D eigenvalue weighted by atomic mass is 9.94. The van der Waals surface area contributed by atoms with Gasteiger partial charge in [-0.05, 0) is 45.2 Å². The van der Waals surface area contributed by atoms with E-state index in [0.717, 1.165) is 12.0 Å². The molecule has 1 aromatic rings. The molecule has 2 aliphatic rings. The molecule has 2 heterocycles. The molecule has 3 heteroatoms. The highest BCUT2D eigenvalue weighted by molar-refractivity contribution is 5.21. The van der Waals surface area contributed by atoms with Crippen molar-refractivity contribution in [1.29, 1.82) is 0 Å². The monoisotopic (exact) mass is 276 g/mol. The van der Waals surface area contributed by atoms with Crippen LogP contribution in [-0.2, 0) is 0 Å². The summed E-state index contributed by atoms with van der Waals surface area (Å²) in [7, 11) is 2.18. The number of benzene rings is 1. The molecule has 2 fully saturated rings. The molecule has 2 saturated heterocycles. The minimum Gasteiger partial charge on any atom is -0.311 e. The molecule has 0 amide bonds. The third-order valence-electron chi connectivity index (χ3n) is 5.17. The van der Waals surface area contributed by atoms with E-state index in [4.69, 9.17) is 0 Å². The summed E-state index contributed by atoms with van der Waals surface area (Å²) in [6.07, 6.45) is 5.99. The Balaban J connectivity index is 1.77. The second kappa shape index (κ2) is 5.82. The Bertz CT molecular complexity index is 450. The quantitative estimate of drug-likeness (QED) is 0.905. The highest BCUT2D eigenvalue weighted by Crippen LogP contribution is 2.34. The van der Waals surface area contributed by atoms with Gasteiger partial charge in [0.25, 0.3) is 0 Å². The van der Waals surface area contributed by atoms with E-state index in [1.54, 1.807) is 12.1 Å². The molecular formula is C17H25FN2. The van der Waals surface area contributed by atoms with Crippen molar-refractivity contribution in [2.45, 2.75) is 63.2 Å². The summed E-state index contributed by atoms with van der Waals surface area (Å²) >= 11 is 0. The first-order valence-corrected chi connectivity index (χ1v) is 7.91. The number of rotatable bonds is 4. The van der Waals surface area contributed by atoms with Gasteiger partial charge in [0, 0.05) is 29.7 Å². The number of hydrogen-bond donors (Lipinski definition) is 1. The number of fused-ring (bicyclic) bond motifs is 2. The van der Waals surface area contributed by atoms with Crippen LogP contribution >= 0.6 is 0 Å². The van der Waals surface area contributed by atoms with Crippen LogP contribution in [0.15, 0.2) is 24.3 Å². The topological polar surface area (TPSA) is 15.3 Å². The molecule has 2 bridgehead atoms. The molecule has 3 rings (SSSR count). The van der Waals surface area contributed by atoms with Crippen LogP contribution in [0.3, 0.4) is 0 Å².